The Morgan fingerprint density at radius 2 is 1.82 bits per heavy atom. The lowest BCUT2D eigenvalue weighted by molar-refractivity contribution is -0.138. The minimum atomic E-state index is -1.05. The molecular formula is C11H20N2O4. The molecule has 0 aromatic heterocycles. The number of rotatable bonds is 7. The molecule has 0 radical (unpaired) electrons. The lowest BCUT2D eigenvalue weighted by Crippen LogP contribution is -2.41. The van der Waals surface area contributed by atoms with Gasteiger partial charge in [0.2, 0.25) is 5.91 Å². The Hall–Kier alpha value is -1.59. The van der Waals surface area contributed by atoms with Gasteiger partial charge in [-0.1, -0.05) is 19.8 Å². The monoisotopic (exact) mass is 244 g/mol. The van der Waals surface area contributed by atoms with Gasteiger partial charge in [0.05, 0.1) is 6.42 Å². The molecule has 0 rings (SSSR count). The summed E-state index contributed by atoms with van der Waals surface area (Å²) < 4.78 is 0. The summed E-state index contributed by atoms with van der Waals surface area (Å²) in [6.45, 7) is 2.65. The van der Waals surface area contributed by atoms with E-state index in [1.807, 2.05) is 0 Å². The molecule has 0 unspecified atom stereocenters. The summed E-state index contributed by atoms with van der Waals surface area (Å²) in [6.07, 6.45) is 2.55. The Morgan fingerprint density at radius 1 is 1.18 bits per heavy atom. The van der Waals surface area contributed by atoms with Crippen LogP contribution in [0.1, 0.15) is 39.0 Å². The van der Waals surface area contributed by atoms with Gasteiger partial charge in [-0.05, 0) is 6.42 Å². The number of unbranched alkanes of at least 4 members (excludes halogenated alkanes) is 2. The Bertz CT molecular complexity index is 279. The Labute approximate surface area is 101 Å². The predicted octanol–water partition coefficient (Wildman–Crippen LogP) is 1.21. The number of nitrogens with zero attached hydrogens (tertiary/aromatic N) is 1. The highest BCUT2D eigenvalue weighted by Gasteiger charge is 2.12. The number of hydrogen-bond donors (Lipinski definition) is 2. The molecule has 2 N–H and O–H groups in total. The number of aliphatic carboxylic acids is 1. The minimum Gasteiger partial charge on any atom is -0.481 e. The largest absolute Gasteiger partial charge is 0.481 e. The molecule has 0 aliphatic heterocycles. The standard InChI is InChI=1S/C11H20N2O4/c1-3-4-5-8-13(2)11(17)12-9(14)6-7-10(15)16/h3-8H2,1-2H3,(H,15,16)(H,12,14,17). The zero-order chi connectivity index (χ0) is 13.3. The molecule has 98 valence electrons. The summed E-state index contributed by atoms with van der Waals surface area (Å²) >= 11 is 0. The Balaban J connectivity index is 3.82. The van der Waals surface area contributed by atoms with Crippen LogP contribution in [-0.2, 0) is 9.59 Å². The Kier molecular flexibility index (Phi) is 7.75. The molecular weight excluding hydrogens is 224 g/mol. The van der Waals surface area contributed by atoms with Crippen LogP contribution in [0.25, 0.3) is 0 Å². The molecule has 0 fully saturated rings. The van der Waals surface area contributed by atoms with Gasteiger partial charge in [0.1, 0.15) is 0 Å². The number of carboxylic acid groups (broad SMARTS) is 1. The summed E-state index contributed by atoms with van der Waals surface area (Å²) in [5.74, 6) is -1.61. The molecule has 17 heavy (non-hydrogen) atoms. The molecule has 0 spiro atoms. The van der Waals surface area contributed by atoms with Gasteiger partial charge in [0.15, 0.2) is 0 Å². The molecule has 0 aliphatic rings. The number of amides is 3. The minimum absolute atomic E-state index is 0.177. The van der Waals surface area contributed by atoms with E-state index in [1.54, 1.807) is 7.05 Å². The number of carbonyl (C=O) groups excluding carboxylic acids is 2. The van der Waals surface area contributed by atoms with Gasteiger partial charge >= 0.3 is 12.0 Å². The second-order valence-electron chi connectivity index (χ2n) is 3.88. The maximum Gasteiger partial charge on any atom is 0.323 e. The second-order valence-corrected chi connectivity index (χ2v) is 3.88. The first-order chi connectivity index (χ1) is 7.97. The quantitative estimate of drug-likeness (QED) is 0.659. The molecule has 6 nitrogen and oxygen atoms in total. The van der Waals surface area contributed by atoms with Crippen LogP contribution in [0.15, 0.2) is 0 Å². The fraction of sp³-hybridized carbons (Fsp3) is 0.727. The zero-order valence-corrected chi connectivity index (χ0v) is 10.4. The number of nitrogens with one attached hydrogen (secondary N) is 1. The first-order valence-electron chi connectivity index (χ1n) is 5.74. The summed E-state index contributed by atoms with van der Waals surface area (Å²) in [7, 11) is 1.61. The van der Waals surface area contributed by atoms with Crippen LogP contribution in [-0.4, -0.2) is 41.5 Å². The first-order valence-corrected chi connectivity index (χ1v) is 5.74. The summed E-state index contributed by atoms with van der Waals surface area (Å²) in [5, 5.41) is 10.5. The molecule has 0 heterocycles. The van der Waals surface area contributed by atoms with Gasteiger partial charge in [-0.25, -0.2) is 4.79 Å². The van der Waals surface area contributed by atoms with E-state index in [-0.39, 0.29) is 12.8 Å². The van der Waals surface area contributed by atoms with Crippen molar-refractivity contribution in [2.45, 2.75) is 39.0 Å². The van der Waals surface area contributed by atoms with E-state index in [9.17, 15) is 14.4 Å². The van der Waals surface area contributed by atoms with Crippen molar-refractivity contribution >= 4 is 17.9 Å². The number of hydrogen-bond acceptors (Lipinski definition) is 3. The molecule has 0 aliphatic carbocycles. The number of carboxylic acids is 1. The van der Waals surface area contributed by atoms with Gasteiger partial charge < -0.3 is 10.0 Å². The third-order valence-electron chi connectivity index (χ3n) is 2.26. The lowest BCUT2D eigenvalue weighted by atomic mass is 10.2. The van der Waals surface area contributed by atoms with E-state index in [0.29, 0.717) is 6.54 Å². The van der Waals surface area contributed by atoms with Gasteiger partial charge in [0, 0.05) is 20.0 Å². The van der Waals surface area contributed by atoms with Gasteiger partial charge in [-0.3, -0.25) is 14.9 Å². The van der Waals surface area contributed by atoms with E-state index in [1.165, 1.54) is 4.90 Å². The van der Waals surface area contributed by atoms with Crippen LogP contribution in [0.5, 0.6) is 0 Å². The van der Waals surface area contributed by atoms with Crippen molar-refractivity contribution in [3.8, 4) is 0 Å². The van der Waals surface area contributed by atoms with Crippen LogP contribution in [0.2, 0.25) is 0 Å². The van der Waals surface area contributed by atoms with Crippen LogP contribution < -0.4 is 5.32 Å². The van der Waals surface area contributed by atoms with Crippen LogP contribution in [0.3, 0.4) is 0 Å². The molecule has 0 atom stereocenters. The second kappa shape index (κ2) is 8.55. The van der Waals surface area contributed by atoms with Crippen molar-refractivity contribution in [1.29, 1.82) is 0 Å². The molecule has 0 aromatic carbocycles. The van der Waals surface area contributed by atoms with Crippen molar-refractivity contribution in [1.82, 2.24) is 10.2 Å². The van der Waals surface area contributed by atoms with Crippen molar-refractivity contribution in [2.24, 2.45) is 0 Å². The predicted molar refractivity (Wildman–Crippen MR) is 62.6 cm³/mol. The smallest absolute Gasteiger partial charge is 0.323 e. The third kappa shape index (κ3) is 8.24. The summed E-state index contributed by atoms with van der Waals surface area (Å²) in [4.78, 5) is 34.3. The molecule has 0 bridgehead atoms. The maximum atomic E-state index is 11.4. The fourth-order valence-electron chi connectivity index (χ4n) is 1.20. The Morgan fingerprint density at radius 3 is 2.35 bits per heavy atom. The van der Waals surface area contributed by atoms with E-state index in [0.717, 1.165) is 19.3 Å². The van der Waals surface area contributed by atoms with E-state index >= 15 is 0 Å². The number of urea groups is 1. The van der Waals surface area contributed by atoms with Crippen molar-refractivity contribution in [2.75, 3.05) is 13.6 Å². The molecule has 0 saturated carbocycles. The maximum absolute atomic E-state index is 11.4. The number of imide groups is 1. The van der Waals surface area contributed by atoms with Crippen LogP contribution in [0, 0.1) is 0 Å². The fourth-order valence-corrected chi connectivity index (χ4v) is 1.20. The highest BCUT2D eigenvalue weighted by Crippen LogP contribution is 1.97. The zero-order valence-electron chi connectivity index (χ0n) is 10.4. The average molecular weight is 244 g/mol. The SMILES string of the molecule is CCCCCN(C)C(=O)NC(=O)CCC(=O)O. The molecule has 6 heteroatoms. The summed E-state index contributed by atoms with van der Waals surface area (Å²) in [6, 6.07) is -0.475. The van der Waals surface area contributed by atoms with E-state index < -0.39 is 17.9 Å². The van der Waals surface area contributed by atoms with E-state index in [2.05, 4.69) is 12.2 Å². The average Bonchev–Trinajstić information content (AvgIpc) is 2.26. The van der Waals surface area contributed by atoms with Gasteiger partial charge in [-0.15, -0.1) is 0 Å². The first kappa shape index (κ1) is 15.4. The summed E-state index contributed by atoms with van der Waals surface area (Å²) in [5.41, 5.74) is 0. The molecule has 0 aromatic rings. The van der Waals surface area contributed by atoms with Crippen molar-refractivity contribution in [3.63, 3.8) is 0 Å². The van der Waals surface area contributed by atoms with Crippen LogP contribution >= 0.6 is 0 Å². The topological polar surface area (TPSA) is 86.7 Å². The third-order valence-corrected chi connectivity index (χ3v) is 2.26. The van der Waals surface area contributed by atoms with E-state index in [4.69, 9.17) is 5.11 Å². The van der Waals surface area contributed by atoms with Crippen LogP contribution in [0.4, 0.5) is 4.79 Å². The highest BCUT2D eigenvalue weighted by atomic mass is 16.4. The van der Waals surface area contributed by atoms with Gasteiger partial charge in [-0.2, -0.15) is 0 Å². The molecule has 0 saturated heterocycles. The number of carbonyl (C=O) groups is 3. The molecule has 3 amide bonds. The normalized spacial score (nSPS) is 9.76. The van der Waals surface area contributed by atoms with Crippen molar-refractivity contribution in [3.05, 3.63) is 0 Å². The van der Waals surface area contributed by atoms with Gasteiger partial charge in [0.25, 0.3) is 0 Å². The lowest BCUT2D eigenvalue weighted by Gasteiger charge is -2.16. The van der Waals surface area contributed by atoms with Crippen molar-refractivity contribution < 1.29 is 19.5 Å². The highest BCUT2D eigenvalue weighted by molar-refractivity contribution is 5.95.